The van der Waals surface area contributed by atoms with Gasteiger partial charge in [-0.05, 0) is 78.6 Å². The van der Waals surface area contributed by atoms with E-state index >= 15 is 0 Å². The van der Waals surface area contributed by atoms with Gasteiger partial charge in [0.15, 0.2) is 4.34 Å². The number of amides is 1. The number of aromatic nitrogens is 2. The Morgan fingerprint density at radius 2 is 1.63 bits per heavy atom. The zero-order chi connectivity index (χ0) is 34.3. The number of carbonyl (C=O) groups is 2. The third-order valence-electron chi connectivity index (χ3n) is 7.90. The molecule has 1 atom stereocenters. The lowest BCUT2D eigenvalue weighted by Gasteiger charge is -2.22. The number of hydrogen-bond donors (Lipinski definition) is 1. The summed E-state index contributed by atoms with van der Waals surface area (Å²) in [4.78, 5) is 28.7. The molecule has 0 saturated carbocycles. The molecule has 0 spiro atoms. The maximum Gasteiger partial charge on any atom is 0.301 e. The fourth-order valence-electron chi connectivity index (χ4n) is 5.34. The fourth-order valence-corrected chi connectivity index (χ4v) is 7.17. The van der Waals surface area contributed by atoms with Crippen molar-refractivity contribution in [2.75, 3.05) is 11.5 Å². The second-order valence-electron chi connectivity index (χ2n) is 11.5. The molecule has 1 aliphatic rings. The summed E-state index contributed by atoms with van der Waals surface area (Å²) >= 11 is 2.55. The first-order chi connectivity index (χ1) is 23.8. The summed E-state index contributed by atoms with van der Waals surface area (Å²) in [6.07, 6.45) is 1.91. The summed E-state index contributed by atoms with van der Waals surface area (Å²) < 4.78 is 25.7. The smallest absolute Gasteiger partial charge is 0.301 e. The maximum atomic E-state index is 13.7. The Morgan fingerprint density at radius 3 is 2.35 bits per heavy atom. The molecule has 1 aliphatic heterocycles. The van der Waals surface area contributed by atoms with Crippen LogP contribution >= 0.6 is 23.1 Å². The average Bonchev–Trinajstić information content (AvgIpc) is 3.69. The number of aryl methyl sites for hydroxylation is 1. The second-order valence-corrected chi connectivity index (χ2v) is 13.7. The number of hydrogen-bond acceptors (Lipinski definition) is 9. The van der Waals surface area contributed by atoms with E-state index in [0.717, 1.165) is 40.9 Å². The highest BCUT2D eigenvalue weighted by atomic mass is 32.2. The molecule has 1 fully saturated rings. The standard InChI is InChI=1S/C38H34FN3O5S2/c1-3-4-20-46-30-16-10-27(11-17-30)33-32(34(43)28-12-18-31(19-13-28)47-22-26-7-5-6-24(2)21-26)35(44)36(45)42(33)37-40-41-38(49-37)48-23-25-8-14-29(39)15-9-25/h5-19,21,33,43H,3-4,20,22-23H2,1-2H3. The molecule has 49 heavy (non-hydrogen) atoms. The van der Waals surface area contributed by atoms with Crippen molar-refractivity contribution in [2.45, 2.75) is 49.4 Å². The number of ether oxygens (including phenoxy) is 2. The summed E-state index contributed by atoms with van der Waals surface area (Å²) in [5, 5.41) is 20.4. The van der Waals surface area contributed by atoms with Crippen molar-refractivity contribution in [3.63, 3.8) is 0 Å². The van der Waals surface area contributed by atoms with Gasteiger partial charge in [0.25, 0.3) is 5.78 Å². The van der Waals surface area contributed by atoms with Crippen molar-refractivity contribution in [3.05, 3.63) is 136 Å². The van der Waals surface area contributed by atoms with E-state index in [-0.39, 0.29) is 22.3 Å². The van der Waals surface area contributed by atoms with Crippen LogP contribution in [0.2, 0.25) is 0 Å². The van der Waals surface area contributed by atoms with Crippen molar-refractivity contribution in [3.8, 4) is 11.5 Å². The number of unbranched alkanes of at least 4 members (excludes halogenated alkanes) is 1. The van der Waals surface area contributed by atoms with Gasteiger partial charge >= 0.3 is 5.91 Å². The van der Waals surface area contributed by atoms with E-state index in [4.69, 9.17) is 9.47 Å². The van der Waals surface area contributed by atoms with E-state index in [9.17, 15) is 19.1 Å². The summed E-state index contributed by atoms with van der Waals surface area (Å²) in [6, 6.07) is 27.1. The lowest BCUT2D eigenvalue weighted by molar-refractivity contribution is -0.132. The number of halogens is 1. The average molecular weight is 696 g/mol. The normalized spacial score (nSPS) is 15.5. The fraction of sp³-hybridized carbons (Fsp3) is 0.211. The van der Waals surface area contributed by atoms with Gasteiger partial charge in [0.05, 0.1) is 18.2 Å². The summed E-state index contributed by atoms with van der Waals surface area (Å²) in [5.74, 6) is -0.513. The van der Waals surface area contributed by atoms with Crippen LogP contribution in [0, 0.1) is 12.7 Å². The minimum absolute atomic E-state index is 0.0613. The molecule has 11 heteroatoms. The van der Waals surface area contributed by atoms with Crippen LogP contribution in [0.15, 0.2) is 107 Å². The number of carbonyl (C=O) groups excluding carboxylic acids is 2. The zero-order valence-corrected chi connectivity index (χ0v) is 28.6. The third kappa shape index (κ3) is 8.01. The van der Waals surface area contributed by atoms with Gasteiger partial charge in [0.2, 0.25) is 5.13 Å². The topological polar surface area (TPSA) is 102 Å². The van der Waals surface area contributed by atoms with Gasteiger partial charge in [0.1, 0.15) is 29.7 Å². The van der Waals surface area contributed by atoms with Gasteiger partial charge in [-0.25, -0.2) is 4.39 Å². The van der Waals surface area contributed by atoms with Crippen molar-refractivity contribution >= 4 is 45.7 Å². The number of aliphatic hydroxyl groups excluding tert-OH is 1. The molecule has 1 unspecified atom stereocenters. The van der Waals surface area contributed by atoms with Crippen LogP contribution in [0.1, 0.15) is 53.6 Å². The Morgan fingerprint density at radius 1 is 0.918 bits per heavy atom. The van der Waals surface area contributed by atoms with Gasteiger partial charge in [-0.15, -0.1) is 10.2 Å². The van der Waals surface area contributed by atoms with E-state index in [1.54, 1.807) is 60.7 Å². The van der Waals surface area contributed by atoms with Crippen molar-refractivity contribution in [1.82, 2.24) is 10.2 Å². The van der Waals surface area contributed by atoms with Crippen molar-refractivity contribution in [1.29, 1.82) is 0 Å². The van der Waals surface area contributed by atoms with Crippen LogP contribution in [0.5, 0.6) is 11.5 Å². The molecule has 2 heterocycles. The van der Waals surface area contributed by atoms with Gasteiger partial charge in [-0.2, -0.15) is 0 Å². The number of ketones is 1. The number of aliphatic hydroxyl groups is 1. The Kier molecular flexibility index (Phi) is 10.7. The van der Waals surface area contributed by atoms with Gasteiger partial charge < -0.3 is 14.6 Å². The van der Waals surface area contributed by atoms with E-state index in [1.807, 2.05) is 31.2 Å². The number of rotatable bonds is 13. The zero-order valence-electron chi connectivity index (χ0n) is 27.0. The predicted molar refractivity (Wildman–Crippen MR) is 189 cm³/mol. The van der Waals surface area contributed by atoms with Crippen LogP contribution in [-0.4, -0.2) is 33.6 Å². The monoisotopic (exact) mass is 695 g/mol. The van der Waals surface area contributed by atoms with Crippen molar-refractivity contribution < 1.29 is 28.6 Å². The van der Waals surface area contributed by atoms with Gasteiger partial charge in [-0.3, -0.25) is 14.5 Å². The number of Topliss-reactive ketones (excluding diaryl/α,β-unsaturated/α-hetero) is 1. The highest BCUT2D eigenvalue weighted by molar-refractivity contribution is 8.00. The molecule has 1 saturated heterocycles. The van der Waals surface area contributed by atoms with E-state index in [0.29, 0.717) is 45.9 Å². The number of thioether (sulfide) groups is 1. The molecule has 0 radical (unpaired) electrons. The highest BCUT2D eigenvalue weighted by Crippen LogP contribution is 2.44. The van der Waals surface area contributed by atoms with Crippen LogP contribution in [-0.2, 0) is 21.9 Å². The number of benzene rings is 4. The largest absolute Gasteiger partial charge is 0.507 e. The highest BCUT2D eigenvalue weighted by Gasteiger charge is 2.48. The molecule has 1 aromatic heterocycles. The Bertz CT molecular complexity index is 1960. The SMILES string of the molecule is CCCCOc1ccc(C2C(=C(O)c3ccc(OCc4cccc(C)c4)cc3)C(=O)C(=O)N2c2nnc(SCc3ccc(F)cc3)s2)cc1. The van der Waals surface area contributed by atoms with Crippen molar-refractivity contribution in [2.24, 2.45) is 0 Å². The predicted octanol–water partition coefficient (Wildman–Crippen LogP) is 8.66. The van der Waals surface area contributed by atoms with Crippen LogP contribution in [0.3, 0.4) is 0 Å². The number of anilines is 1. The summed E-state index contributed by atoms with van der Waals surface area (Å²) in [5.41, 5.74) is 3.96. The quantitative estimate of drug-likeness (QED) is 0.0326. The molecular formula is C38H34FN3O5S2. The molecule has 8 nitrogen and oxygen atoms in total. The van der Waals surface area contributed by atoms with Crippen LogP contribution in [0.25, 0.3) is 5.76 Å². The molecule has 4 aromatic carbocycles. The number of nitrogens with zero attached hydrogens (tertiary/aromatic N) is 3. The first-order valence-electron chi connectivity index (χ1n) is 15.8. The lowest BCUT2D eigenvalue weighted by atomic mass is 9.95. The van der Waals surface area contributed by atoms with Crippen LogP contribution < -0.4 is 14.4 Å². The summed E-state index contributed by atoms with van der Waals surface area (Å²) in [7, 11) is 0. The summed E-state index contributed by atoms with van der Waals surface area (Å²) in [6.45, 7) is 5.05. The first kappa shape index (κ1) is 33.9. The van der Waals surface area contributed by atoms with E-state index in [2.05, 4.69) is 17.1 Å². The second kappa shape index (κ2) is 15.5. The minimum atomic E-state index is -0.968. The van der Waals surface area contributed by atoms with Crippen LogP contribution in [0.4, 0.5) is 9.52 Å². The van der Waals surface area contributed by atoms with E-state index in [1.165, 1.54) is 28.8 Å². The lowest BCUT2D eigenvalue weighted by Crippen LogP contribution is -2.29. The molecule has 5 aromatic rings. The van der Waals surface area contributed by atoms with Gasteiger partial charge in [0, 0.05) is 11.3 Å². The molecule has 0 bridgehead atoms. The molecule has 0 aliphatic carbocycles. The third-order valence-corrected chi connectivity index (χ3v) is 10.0. The van der Waals surface area contributed by atoms with E-state index < -0.39 is 17.7 Å². The molecule has 1 N–H and O–H groups in total. The minimum Gasteiger partial charge on any atom is -0.507 e. The Labute approximate surface area is 292 Å². The van der Waals surface area contributed by atoms with Gasteiger partial charge in [-0.1, -0.05) is 90.5 Å². The molecule has 6 rings (SSSR count). The molecular weight excluding hydrogens is 662 g/mol. The Balaban J connectivity index is 1.29. The maximum absolute atomic E-state index is 13.7. The first-order valence-corrected chi connectivity index (χ1v) is 17.6. The molecule has 250 valence electrons. The Hall–Kier alpha value is -5.00. The molecule has 1 amide bonds.